The third-order valence-electron chi connectivity index (χ3n) is 5.11. The summed E-state index contributed by atoms with van der Waals surface area (Å²) in [7, 11) is 1.54. The minimum atomic E-state index is -0.845. The van der Waals surface area contributed by atoms with Crippen molar-refractivity contribution in [2.45, 2.75) is 20.0 Å². The molecular weight excluding hydrogens is 406 g/mol. The van der Waals surface area contributed by atoms with Crippen LogP contribution >= 0.6 is 0 Å². The molecule has 1 amide bonds. The van der Waals surface area contributed by atoms with Crippen LogP contribution in [0.25, 0.3) is 11.0 Å². The number of amides is 1. The number of furan rings is 1. The lowest BCUT2D eigenvalue weighted by Crippen LogP contribution is -2.30. The molecular formula is C26H23NO5. The number of para-hydroxylation sites is 3. The lowest BCUT2D eigenvalue weighted by Gasteiger charge is -2.16. The zero-order chi connectivity index (χ0) is 22.7. The van der Waals surface area contributed by atoms with E-state index in [0.29, 0.717) is 33.7 Å². The smallest absolute Gasteiger partial charge is 0.265 e. The van der Waals surface area contributed by atoms with Crippen LogP contribution in [0.5, 0.6) is 11.5 Å². The Labute approximate surface area is 185 Å². The van der Waals surface area contributed by atoms with E-state index in [0.717, 1.165) is 5.56 Å². The number of aryl methyl sites for hydroxylation is 1. The molecule has 1 heterocycles. The zero-order valence-electron chi connectivity index (χ0n) is 18.0. The van der Waals surface area contributed by atoms with Gasteiger partial charge >= 0.3 is 0 Å². The summed E-state index contributed by atoms with van der Waals surface area (Å²) >= 11 is 0. The minimum Gasteiger partial charge on any atom is -0.493 e. The molecule has 0 saturated carbocycles. The highest BCUT2D eigenvalue weighted by molar-refractivity contribution is 6.17. The third kappa shape index (κ3) is 4.21. The molecule has 0 aliphatic heterocycles. The molecule has 6 nitrogen and oxygen atoms in total. The van der Waals surface area contributed by atoms with Crippen LogP contribution in [0.4, 0.5) is 5.69 Å². The molecule has 0 unspecified atom stereocenters. The molecule has 4 aromatic rings. The van der Waals surface area contributed by atoms with Crippen molar-refractivity contribution in [2.24, 2.45) is 0 Å². The van der Waals surface area contributed by atoms with Crippen LogP contribution in [0.1, 0.15) is 28.6 Å². The van der Waals surface area contributed by atoms with Gasteiger partial charge in [-0.05, 0) is 38.1 Å². The fourth-order valence-corrected chi connectivity index (χ4v) is 3.35. The molecule has 0 bridgehead atoms. The van der Waals surface area contributed by atoms with Crippen molar-refractivity contribution in [3.63, 3.8) is 0 Å². The van der Waals surface area contributed by atoms with Gasteiger partial charge in [-0.25, -0.2) is 0 Å². The second-order valence-corrected chi connectivity index (χ2v) is 7.40. The molecule has 0 spiro atoms. The average Bonchev–Trinajstić information content (AvgIpc) is 3.17. The van der Waals surface area contributed by atoms with E-state index in [1.807, 2.05) is 37.3 Å². The Bertz CT molecular complexity index is 1270. The first-order valence-corrected chi connectivity index (χ1v) is 10.2. The summed E-state index contributed by atoms with van der Waals surface area (Å²) in [5, 5.41) is 3.47. The van der Waals surface area contributed by atoms with Crippen LogP contribution in [0.3, 0.4) is 0 Å². The maximum atomic E-state index is 13.2. The predicted octanol–water partition coefficient (Wildman–Crippen LogP) is 5.39. The Morgan fingerprint density at radius 1 is 0.906 bits per heavy atom. The molecule has 1 N–H and O–H groups in total. The summed E-state index contributed by atoms with van der Waals surface area (Å²) in [6.45, 7) is 3.58. The SMILES string of the molecule is COc1ccccc1O[C@H](C)C(=O)Nc1c(C(=O)c2ccc(C)cc2)oc2ccccc12. The number of rotatable bonds is 7. The van der Waals surface area contributed by atoms with Gasteiger partial charge in [0.05, 0.1) is 12.8 Å². The standard InChI is InChI=1S/C26H23NO5/c1-16-12-14-18(15-13-16)24(28)25-23(19-8-4-5-9-20(19)32-25)27-26(29)17(2)31-22-11-7-6-10-21(22)30-3/h4-15,17H,1-3H3,(H,27,29)/t17-/m1/s1. The van der Waals surface area contributed by atoms with E-state index in [4.69, 9.17) is 13.9 Å². The van der Waals surface area contributed by atoms with Gasteiger partial charge < -0.3 is 19.2 Å². The monoisotopic (exact) mass is 429 g/mol. The number of carbonyl (C=O) groups excluding carboxylic acids is 2. The number of ketones is 1. The maximum Gasteiger partial charge on any atom is 0.265 e. The number of nitrogens with one attached hydrogen (secondary N) is 1. The summed E-state index contributed by atoms with van der Waals surface area (Å²) in [4.78, 5) is 26.2. The van der Waals surface area contributed by atoms with E-state index in [1.165, 1.54) is 7.11 Å². The van der Waals surface area contributed by atoms with Gasteiger partial charge in [0.25, 0.3) is 5.91 Å². The predicted molar refractivity (Wildman–Crippen MR) is 123 cm³/mol. The molecule has 1 atom stereocenters. The molecule has 162 valence electrons. The summed E-state index contributed by atoms with van der Waals surface area (Å²) < 4.78 is 16.9. The summed E-state index contributed by atoms with van der Waals surface area (Å²) in [5.74, 6) is 0.324. The van der Waals surface area contributed by atoms with Gasteiger partial charge in [-0.2, -0.15) is 0 Å². The van der Waals surface area contributed by atoms with Gasteiger partial charge in [0.1, 0.15) is 5.58 Å². The number of methoxy groups -OCH3 is 1. The number of fused-ring (bicyclic) bond motifs is 1. The highest BCUT2D eigenvalue weighted by atomic mass is 16.5. The Morgan fingerprint density at radius 2 is 1.56 bits per heavy atom. The first-order valence-electron chi connectivity index (χ1n) is 10.2. The molecule has 6 heteroatoms. The van der Waals surface area contributed by atoms with Crippen molar-refractivity contribution >= 4 is 28.3 Å². The lowest BCUT2D eigenvalue weighted by molar-refractivity contribution is -0.122. The Morgan fingerprint density at radius 3 is 2.28 bits per heavy atom. The lowest BCUT2D eigenvalue weighted by atomic mass is 10.1. The second-order valence-electron chi connectivity index (χ2n) is 7.40. The minimum absolute atomic E-state index is 0.0768. The Balaban J connectivity index is 1.64. The fraction of sp³-hybridized carbons (Fsp3) is 0.154. The highest BCUT2D eigenvalue weighted by Crippen LogP contribution is 2.33. The molecule has 0 saturated heterocycles. The number of anilines is 1. The molecule has 0 aliphatic rings. The summed E-state index contributed by atoms with van der Waals surface area (Å²) in [5.41, 5.74) is 2.36. The maximum absolute atomic E-state index is 13.2. The zero-order valence-corrected chi connectivity index (χ0v) is 18.0. The normalized spacial score (nSPS) is 11.7. The number of hydrogen-bond donors (Lipinski definition) is 1. The van der Waals surface area contributed by atoms with E-state index >= 15 is 0 Å². The van der Waals surface area contributed by atoms with Crippen LogP contribution < -0.4 is 14.8 Å². The molecule has 0 radical (unpaired) electrons. The Kier molecular flexibility index (Phi) is 5.94. The van der Waals surface area contributed by atoms with Crippen molar-refractivity contribution in [3.8, 4) is 11.5 Å². The van der Waals surface area contributed by atoms with Crippen LogP contribution in [0.2, 0.25) is 0 Å². The van der Waals surface area contributed by atoms with Gasteiger partial charge in [-0.3, -0.25) is 9.59 Å². The van der Waals surface area contributed by atoms with Crippen molar-refractivity contribution < 1.29 is 23.5 Å². The van der Waals surface area contributed by atoms with Crippen LogP contribution in [-0.2, 0) is 4.79 Å². The molecule has 0 fully saturated rings. The van der Waals surface area contributed by atoms with Crippen molar-refractivity contribution in [1.29, 1.82) is 0 Å². The topological polar surface area (TPSA) is 77.8 Å². The highest BCUT2D eigenvalue weighted by Gasteiger charge is 2.25. The van der Waals surface area contributed by atoms with Crippen molar-refractivity contribution in [3.05, 3.63) is 89.7 Å². The largest absolute Gasteiger partial charge is 0.493 e. The number of carbonyl (C=O) groups is 2. The van der Waals surface area contributed by atoms with E-state index in [9.17, 15) is 9.59 Å². The van der Waals surface area contributed by atoms with Gasteiger partial charge in [0.2, 0.25) is 5.78 Å². The van der Waals surface area contributed by atoms with E-state index in [-0.39, 0.29) is 11.5 Å². The summed E-state index contributed by atoms with van der Waals surface area (Å²) in [6.07, 6.45) is -0.845. The van der Waals surface area contributed by atoms with Crippen molar-refractivity contribution in [1.82, 2.24) is 0 Å². The quantitative estimate of drug-likeness (QED) is 0.399. The Hall–Kier alpha value is -4.06. The molecule has 4 rings (SSSR count). The summed E-state index contributed by atoms with van der Waals surface area (Å²) in [6, 6.07) is 21.5. The molecule has 32 heavy (non-hydrogen) atoms. The van der Waals surface area contributed by atoms with Crippen LogP contribution in [0, 0.1) is 6.92 Å². The fourth-order valence-electron chi connectivity index (χ4n) is 3.35. The van der Waals surface area contributed by atoms with E-state index < -0.39 is 12.0 Å². The van der Waals surface area contributed by atoms with E-state index in [1.54, 1.807) is 49.4 Å². The van der Waals surface area contributed by atoms with Crippen LogP contribution in [0.15, 0.2) is 77.2 Å². The van der Waals surface area contributed by atoms with Gasteiger partial charge in [0, 0.05) is 10.9 Å². The first-order chi connectivity index (χ1) is 15.5. The number of ether oxygens (including phenoxy) is 2. The number of benzene rings is 3. The first kappa shape index (κ1) is 21.2. The van der Waals surface area contributed by atoms with Gasteiger partial charge in [0.15, 0.2) is 23.4 Å². The van der Waals surface area contributed by atoms with Crippen molar-refractivity contribution in [2.75, 3.05) is 12.4 Å². The van der Waals surface area contributed by atoms with E-state index in [2.05, 4.69) is 5.32 Å². The molecule has 1 aromatic heterocycles. The van der Waals surface area contributed by atoms with Crippen LogP contribution in [-0.4, -0.2) is 24.9 Å². The molecule has 0 aliphatic carbocycles. The number of hydrogen-bond acceptors (Lipinski definition) is 5. The second kappa shape index (κ2) is 8.98. The van der Waals surface area contributed by atoms with Gasteiger partial charge in [-0.1, -0.05) is 54.1 Å². The average molecular weight is 429 g/mol. The third-order valence-corrected chi connectivity index (χ3v) is 5.11. The molecule has 3 aromatic carbocycles. The van der Waals surface area contributed by atoms with Gasteiger partial charge in [-0.15, -0.1) is 0 Å².